The molecule has 11 heteroatoms. The first-order valence-corrected chi connectivity index (χ1v) is 10.6. The minimum Gasteiger partial charge on any atom is -0.491 e. The van der Waals surface area contributed by atoms with Gasteiger partial charge in [-0.25, -0.2) is 4.39 Å². The number of nitrogens with zero attached hydrogens (tertiary/aromatic N) is 1. The van der Waals surface area contributed by atoms with Gasteiger partial charge in [0.05, 0.1) is 17.8 Å². The van der Waals surface area contributed by atoms with Crippen LogP contribution in [0.2, 0.25) is 0 Å². The van der Waals surface area contributed by atoms with E-state index in [1.165, 1.54) is 23.5 Å². The highest BCUT2D eigenvalue weighted by Crippen LogP contribution is 2.15. The zero-order valence-corrected chi connectivity index (χ0v) is 19.8. The van der Waals surface area contributed by atoms with Gasteiger partial charge in [0.25, 0.3) is 5.91 Å². The normalized spacial score (nSPS) is 19.4. The summed E-state index contributed by atoms with van der Waals surface area (Å²) in [7, 11) is 1.69. The quantitative estimate of drug-likeness (QED) is 0.193. The molecule has 186 valence electrons. The smallest absolute Gasteiger partial charge is 0.261 e. The third-order valence-electron chi connectivity index (χ3n) is 4.19. The van der Waals surface area contributed by atoms with Crippen LogP contribution in [0.4, 0.5) is 4.39 Å². The number of hydrogen-bond donors (Lipinski definition) is 3. The molecule has 0 spiro atoms. The lowest BCUT2D eigenvalue weighted by Gasteiger charge is -2.36. The Labute approximate surface area is 203 Å². The van der Waals surface area contributed by atoms with Crippen molar-refractivity contribution in [2.24, 2.45) is 0 Å². The highest BCUT2D eigenvalue weighted by molar-refractivity contribution is 6.31. The molecule has 0 radical (unpaired) electrons. The maximum atomic E-state index is 12.6. The van der Waals surface area contributed by atoms with Gasteiger partial charge in [0.2, 0.25) is 5.91 Å². The molecule has 1 aliphatic heterocycles. The number of allylic oxidation sites excluding steroid dienone is 7. The number of carbonyl (C=O) groups is 2. The summed E-state index contributed by atoms with van der Waals surface area (Å²) in [6, 6.07) is 0. The average Bonchev–Trinajstić information content (AvgIpc) is 2.80. The van der Waals surface area contributed by atoms with E-state index in [4.69, 9.17) is 26.2 Å². The van der Waals surface area contributed by atoms with Gasteiger partial charge in [-0.05, 0) is 24.1 Å². The van der Waals surface area contributed by atoms with Crippen LogP contribution in [0.1, 0.15) is 12.8 Å². The zero-order chi connectivity index (χ0) is 25.5. The standard InChI is InChI=1S/C23H30ClFN4O5/c1-6-9-18(7-2)23-28-22(33-34-29(23)5)14-26-20(30)12-11-16(3)27-21(31)15-32-13-8-10-19(24)17(4)25/h6-10,13,22-23,28H,1-4,11-12,14-15H2,5H3,(H,26,30)(H,27,31)/b13-8+,18-9+,19-10+. The Morgan fingerprint density at radius 2 is 1.97 bits per heavy atom. The summed E-state index contributed by atoms with van der Waals surface area (Å²) in [5.74, 6) is -1.50. The van der Waals surface area contributed by atoms with Crippen molar-refractivity contribution in [2.75, 3.05) is 20.2 Å². The van der Waals surface area contributed by atoms with Crippen molar-refractivity contribution in [3.63, 3.8) is 0 Å². The Morgan fingerprint density at radius 3 is 2.62 bits per heavy atom. The molecular formula is C23H30ClFN4O5. The van der Waals surface area contributed by atoms with Crippen LogP contribution >= 0.6 is 11.6 Å². The molecule has 0 aliphatic carbocycles. The Morgan fingerprint density at radius 1 is 1.24 bits per heavy atom. The van der Waals surface area contributed by atoms with Gasteiger partial charge in [0.1, 0.15) is 12.0 Å². The molecule has 3 N–H and O–H groups in total. The monoisotopic (exact) mass is 496 g/mol. The molecule has 1 saturated heterocycles. The SMILES string of the molecule is C=C/C=C(\C=C)C1NC(CNC(=O)CCC(=C)NC(=O)CO/C=C/C=C(/Cl)C(=C)F)OON1C. The lowest BCUT2D eigenvalue weighted by atomic mass is 10.1. The molecule has 2 amide bonds. The molecule has 34 heavy (non-hydrogen) atoms. The van der Waals surface area contributed by atoms with Crippen molar-refractivity contribution in [1.29, 1.82) is 0 Å². The fourth-order valence-corrected chi connectivity index (χ4v) is 2.60. The molecule has 1 heterocycles. The topological polar surface area (TPSA) is 101 Å². The minimum atomic E-state index is -0.778. The summed E-state index contributed by atoms with van der Waals surface area (Å²) >= 11 is 5.52. The molecule has 9 nitrogen and oxygen atoms in total. The van der Waals surface area contributed by atoms with E-state index in [0.29, 0.717) is 5.70 Å². The van der Waals surface area contributed by atoms with Gasteiger partial charge in [-0.15, -0.1) is 10.1 Å². The van der Waals surface area contributed by atoms with Crippen LogP contribution in [0.15, 0.2) is 85.1 Å². The van der Waals surface area contributed by atoms with Crippen molar-refractivity contribution < 1.29 is 28.6 Å². The molecular weight excluding hydrogens is 467 g/mol. The van der Waals surface area contributed by atoms with Crippen LogP contribution in [0.25, 0.3) is 0 Å². The van der Waals surface area contributed by atoms with Gasteiger partial charge in [-0.2, -0.15) is 4.89 Å². The van der Waals surface area contributed by atoms with E-state index in [1.807, 2.05) is 0 Å². The van der Waals surface area contributed by atoms with E-state index in [2.05, 4.69) is 42.3 Å². The predicted octanol–water partition coefficient (Wildman–Crippen LogP) is 3.00. The Bertz CT molecular complexity index is 871. The van der Waals surface area contributed by atoms with E-state index in [1.54, 1.807) is 25.3 Å². The number of nitrogens with one attached hydrogen (secondary N) is 3. The summed E-state index contributed by atoms with van der Waals surface area (Å²) in [4.78, 5) is 34.3. The second-order valence-electron chi connectivity index (χ2n) is 6.90. The largest absolute Gasteiger partial charge is 0.491 e. The first-order chi connectivity index (χ1) is 16.2. The molecule has 2 atom stereocenters. The van der Waals surface area contributed by atoms with Gasteiger partial charge < -0.3 is 15.4 Å². The first-order valence-electron chi connectivity index (χ1n) is 10.2. The molecule has 0 aromatic heterocycles. The molecule has 0 aromatic rings. The number of halogens is 2. The van der Waals surface area contributed by atoms with E-state index < -0.39 is 18.0 Å². The van der Waals surface area contributed by atoms with Crippen LogP contribution in [0, 0.1) is 0 Å². The fourth-order valence-electron chi connectivity index (χ4n) is 2.53. The third-order valence-corrected chi connectivity index (χ3v) is 4.52. The summed E-state index contributed by atoms with van der Waals surface area (Å²) in [5, 5.41) is 9.72. The predicted molar refractivity (Wildman–Crippen MR) is 128 cm³/mol. The van der Waals surface area contributed by atoms with E-state index in [0.717, 1.165) is 5.57 Å². The lowest BCUT2D eigenvalue weighted by Crippen LogP contribution is -2.58. The van der Waals surface area contributed by atoms with Crippen LogP contribution in [-0.4, -0.2) is 49.5 Å². The molecule has 2 unspecified atom stereocenters. The highest BCUT2D eigenvalue weighted by Gasteiger charge is 2.29. The number of likely N-dealkylation sites (N-methyl/N-ethyl adjacent to an activating group) is 1. The second-order valence-corrected chi connectivity index (χ2v) is 7.30. The number of carbonyl (C=O) groups excluding carboxylic acids is 2. The molecule has 0 aromatic carbocycles. The van der Waals surface area contributed by atoms with Crippen molar-refractivity contribution in [3.05, 3.63) is 85.1 Å². The van der Waals surface area contributed by atoms with Crippen LogP contribution in [0.5, 0.6) is 0 Å². The van der Waals surface area contributed by atoms with Crippen molar-refractivity contribution in [3.8, 4) is 0 Å². The second kappa shape index (κ2) is 15.8. The van der Waals surface area contributed by atoms with E-state index in [9.17, 15) is 14.0 Å². The fraction of sp³-hybridized carbons (Fsp3) is 0.304. The first kappa shape index (κ1) is 29.0. The number of hydroxylamine groups is 2. The summed E-state index contributed by atoms with van der Waals surface area (Å²) in [6.45, 7) is 14.0. The van der Waals surface area contributed by atoms with E-state index in [-0.39, 0.29) is 43.1 Å². The Balaban J connectivity index is 2.32. The zero-order valence-electron chi connectivity index (χ0n) is 19.0. The number of ether oxygens (including phenoxy) is 1. The summed E-state index contributed by atoms with van der Waals surface area (Å²) in [6.07, 6.45) is 8.20. The maximum absolute atomic E-state index is 12.6. The van der Waals surface area contributed by atoms with Crippen LogP contribution in [0.3, 0.4) is 0 Å². The van der Waals surface area contributed by atoms with Crippen molar-refractivity contribution in [2.45, 2.75) is 25.2 Å². The lowest BCUT2D eigenvalue weighted by molar-refractivity contribution is -0.476. The van der Waals surface area contributed by atoms with Crippen molar-refractivity contribution in [1.82, 2.24) is 21.0 Å². The molecule has 0 bridgehead atoms. The summed E-state index contributed by atoms with van der Waals surface area (Å²) < 4.78 is 17.6. The maximum Gasteiger partial charge on any atom is 0.261 e. The number of amides is 2. The van der Waals surface area contributed by atoms with Gasteiger partial charge >= 0.3 is 0 Å². The molecule has 1 rings (SSSR count). The van der Waals surface area contributed by atoms with Gasteiger partial charge in [-0.1, -0.05) is 56.1 Å². The van der Waals surface area contributed by atoms with Gasteiger partial charge in [-0.3, -0.25) is 14.9 Å². The average molecular weight is 497 g/mol. The van der Waals surface area contributed by atoms with Gasteiger partial charge in [0.15, 0.2) is 12.8 Å². The number of rotatable bonds is 14. The minimum absolute atomic E-state index is 0.0987. The summed E-state index contributed by atoms with van der Waals surface area (Å²) in [5.41, 5.74) is 1.17. The Hall–Kier alpha value is -3.02. The van der Waals surface area contributed by atoms with Crippen molar-refractivity contribution >= 4 is 23.4 Å². The third kappa shape index (κ3) is 11.2. The van der Waals surface area contributed by atoms with E-state index >= 15 is 0 Å². The molecule has 1 fully saturated rings. The van der Waals surface area contributed by atoms with Crippen LogP contribution < -0.4 is 16.0 Å². The highest BCUT2D eigenvalue weighted by atomic mass is 35.5. The van der Waals surface area contributed by atoms with Crippen LogP contribution in [-0.2, 0) is 24.2 Å². The van der Waals surface area contributed by atoms with Gasteiger partial charge in [0, 0.05) is 19.2 Å². The number of hydrogen-bond acceptors (Lipinski definition) is 7. The molecule has 0 saturated carbocycles. The Kier molecular flexibility index (Phi) is 13.4. The molecule has 1 aliphatic rings.